The van der Waals surface area contributed by atoms with E-state index in [1.54, 1.807) is 0 Å². The number of anilines is 5. The summed E-state index contributed by atoms with van der Waals surface area (Å²) in [6.07, 6.45) is -3.64. The number of sulfonamides is 1. The van der Waals surface area contributed by atoms with E-state index in [0.29, 0.717) is 67.7 Å². The summed E-state index contributed by atoms with van der Waals surface area (Å²) in [7, 11) is -4.28. The molecule has 0 saturated carbocycles. The average molecular weight is 720 g/mol. The van der Waals surface area contributed by atoms with Crippen LogP contribution in [0.3, 0.4) is 0 Å². The third-order valence-corrected chi connectivity index (χ3v) is 10.4. The van der Waals surface area contributed by atoms with Crippen LogP contribution < -0.4 is 42.8 Å². The molecule has 3 heterocycles. The molecule has 2 aliphatic heterocycles. The number of aromatic nitrogens is 3. The summed E-state index contributed by atoms with van der Waals surface area (Å²) < 4.78 is 68.0. The number of phenols is 1. The van der Waals surface area contributed by atoms with Crippen molar-refractivity contribution in [1.82, 2.24) is 15.0 Å². The highest BCUT2D eigenvalue weighted by Gasteiger charge is 2.44. The highest BCUT2D eigenvalue weighted by atomic mass is 32.2. The third-order valence-electron chi connectivity index (χ3n) is 9.07. The van der Waals surface area contributed by atoms with Crippen LogP contribution in [0.15, 0.2) is 41.3 Å². The van der Waals surface area contributed by atoms with Gasteiger partial charge in [-0.3, -0.25) is 9.52 Å². The summed E-state index contributed by atoms with van der Waals surface area (Å²) in [6, 6.07) is 7.50. The van der Waals surface area contributed by atoms with Gasteiger partial charge in [0.15, 0.2) is 0 Å². The first-order valence-electron chi connectivity index (χ1n) is 16.2. The van der Waals surface area contributed by atoms with Crippen LogP contribution in [0.5, 0.6) is 5.75 Å². The molecule has 1 aromatic heterocycles. The van der Waals surface area contributed by atoms with Crippen molar-refractivity contribution >= 4 is 45.0 Å². The molecule has 2 aromatic carbocycles. The molecule has 19 heteroatoms. The number of nitrogens with zero attached hydrogens (tertiary/aromatic N) is 5. The standard InChI is InChI=1S/C31H40F3N11O4S/c32-31(33,34)27(47)17-2-1-16-3-5-24(8-18(16)7-17)50(48,49)43-25-6-4-23(11-26(25)46)39-28-40-29(44-12-19(35)9-20(36)13-44)42-30(41-28)45-14-21(37)10-22(38)15-45/h3-6,8,11,17,19-22,43,46H,1-2,7,9-10,12-15,35-38H2,(H,39,40,41,42)/t17?,19-,20+,21-,22+. The molecule has 1 aliphatic carbocycles. The van der Waals surface area contributed by atoms with E-state index in [1.807, 2.05) is 9.80 Å². The highest BCUT2D eigenvalue weighted by molar-refractivity contribution is 7.92. The zero-order chi connectivity index (χ0) is 36.0. The number of hydrogen-bond acceptors (Lipinski definition) is 14. The number of halogens is 3. The largest absolute Gasteiger partial charge is 0.506 e. The second-order valence-electron chi connectivity index (χ2n) is 13.3. The van der Waals surface area contributed by atoms with Crippen molar-refractivity contribution in [3.8, 4) is 5.75 Å². The molecule has 0 radical (unpaired) electrons. The summed E-state index contributed by atoms with van der Waals surface area (Å²) in [5.41, 5.74) is 26.1. The molecule has 270 valence electrons. The van der Waals surface area contributed by atoms with Crippen molar-refractivity contribution in [2.24, 2.45) is 28.9 Å². The number of hydrogen-bond donors (Lipinski definition) is 7. The minimum Gasteiger partial charge on any atom is -0.506 e. The Balaban J connectivity index is 1.22. The molecular formula is C31H40F3N11O4S. The maximum atomic E-state index is 13.3. The molecule has 6 rings (SSSR count). The monoisotopic (exact) mass is 719 g/mol. The Labute approximate surface area is 286 Å². The molecule has 15 nitrogen and oxygen atoms in total. The number of phenolic OH excluding ortho intramolecular Hbond substituents is 1. The summed E-state index contributed by atoms with van der Waals surface area (Å²) in [5.74, 6) is -2.72. The van der Waals surface area contributed by atoms with Gasteiger partial charge in [-0.05, 0) is 67.5 Å². The van der Waals surface area contributed by atoms with Gasteiger partial charge in [0.1, 0.15) is 5.75 Å². The van der Waals surface area contributed by atoms with E-state index in [-0.39, 0.29) is 60.0 Å². The topological polar surface area (TPSA) is 245 Å². The van der Waals surface area contributed by atoms with Crippen LogP contribution in [0.25, 0.3) is 0 Å². The number of aromatic hydroxyl groups is 1. The van der Waals surface area contributed by atoms with Crippen molar-refractivity contribution in [1.29, 1.82) is 0 Å². The van der Waals surface area contributed by atoms with Gasteiger partial charge in [0.05, 0.1) is 10.6 Å². The Kier molecular flexibility index (Phi) is 9.79. The van der Waals surface area contributed by atoms with Crippen LogP contribution in [0.4, 0.5) is 42.4 Å². The number of Topliss-reactive ketones (excluding diaryl/α,β-unsaturated/α-hetero) is 1. The molecule has 5 atom stereocenters. The van der Waals surface area contributed by atoms with Crippen LogP contribution >= 0.6 is 0 Å². The number of fused-ring (bicyclic) bond motifs is 1. The van der Waals surface area contributed by atoms with Gasteiger partial charge in [-0.1, -0.05) is 6.07 Å². The molecule has 0 spiro atoms. The van der Waals surface area contributed by atoms with Crippen LogP contribution in [-0.2, 0) is 27.7 Å². The molecule has 0 amide bonds. The number of benzene rings is 2. The van der Waals surface area contributed by atoms with Crippen molar-refractivity contribution in [2.45, 2.75) is 67.3 Å². The molecule has 3 aromatic rings. The molecule has 11 N–H and O–H groups in total. The number of alkyl halides is 3. The van der Waals surface area contributed by atoms with E-state index in [2.05, 4.69) is 25.0 Å². The van der Waals surface area contributed by atoms with E-state index < -0.39 is 33.7 Å². The molecule has 2 saturated heterocycles. The predicted molar refractivity (Wildman–Crippen MR) is 181 cm³/mol. The minimum atomic E-state index is -4.97. The van der Waals surface area contributed by atoms with Gasteiger partial charge >= 0.3 is 6.18 Å². The van der Waals surface area contributed by atoms with Gasteiger partial charge in [-0.15, -0.1) is 0 Å². The van der Waals surface area contributed by atoms with E-state index in [1.165, 1.54) is 36.4 Å². The zero-order valence-corrected chi connectivity index (χ0v) is 27.8. The van der Waals surface area contributed by atoms with E-state index in [0.717, 1.165) is 0 Å². The van der Waals surface area contributed by atoms with Crippen molar-refractivity contribution in [3.63, 3.8) is 0 Å². The molecule has 1 unspecified atom stereocenters. The first-order chi connectivity index (χ1) is 23.5. The number of carbonyl (C=O) groups excluding carboxylic acids is 1. The number of ketones is 1. The van der Waals surface area contributed by atoms with Gasteiger partial charge in [-0.25, -0.2) is 8.42 Å². The van der Waals surface area contributed by atoms with E-state index in [4.69, 9.17) is 22.9 Å². The summed E-state index contributed by atoms with van der Waals surface area (Å²) in [4.78, 5) is 29.2. The van der Waals surface area contributed by atoms with Gasteiger partial charge in [-0.2, -0.15) is 28.1 Å². The predicted octanol–water partition coefficient (Wildman–Crippen LogP) is 1.09. The SMILES string of the molecule is N[C@@H]1C[C@H](N)CN(c2nc(Nc3ccc(NS(=O)(=O)c4ccc5c(c4)CC(C(=O)C(F)(F)F)CC5)c(O)c3)nc(N3C[C@H](N)C[C@H](N)C3)n2)C1. The fraction of sp³-hybridized carbons (Fsp3) is 0.484. The fourth-order valence-corrected chi connectivity index (χ4v) is 7.89. The smallest absolute Gasteiger partial charge is 0.450 e. The van der Waals surface area contributed by atoms with Crippen LogP contribution in [-0.4, -0.2) is 90.8 Å². The van der Waals surface area contributed by atoms with Gasteiger partial charge < -0.3 is 43.2 Å². The lowest BCUT2D eigenvalue weighted by Gasteiger charge is -2.37. The summed E-state index contributed by atoms with van der Waals surface area (Å²) >= 11 is 0. The molecular weight excluding hydrogens is 679 g/mol. The lowest BCUT2D eigenvalue weighted by Crippen LogP contribution is -2.54. The lowest BCUT2D eigenvalue weighted by atomic mass is 9.81. The number of nitrogens with two attached hydrogens (primary N) is 4. The number of aryl methyl sites for hydroxylation is 1. The van der Waals surface area contributed by atoms with E-state index in [9.17, 15) is 31.5 Å². The zero-order valence-electron chi connectivity index (χ0n) is 27.0. The Morgan fingerprint density at radius 2 is 1.42 bits per heavy atom. The maximum Gasteiger partial charge on any atom is 0.450 e. The Morgan fingerprint density at radius 1 is 0.840 bits per heavy atom. The number of rotatable bonds is 8. The molecule has 3 aliphatic rings. The minimum absolute atomic E-state index is 0.0261. The van der Waals surface area contributed by atoms with Crippen LogP contribution in [0, 0.1) is 5.92 Å². The number of nitrogens with one attached hydrogen (secondary N) is 2. The van der Waals surface area contributed by atoms with Crippen LogP contribution in [0.1, 0.15) is 30.4 Å². The maximum absolute atomic E-state index is 13.3. The quantitative estimate of drug-likeness (QED) is 0.161. The summed E-state index contributed by atoms with van der Waals surface area (Å²) in [5, 5.41) is 13.9. The second-order valence-corrected chi connectivity index (χ2v) is 15.0. The van der Waals surface area contributed by atoms with Gasteiger partial charge in [0.2, 0.25) is 23.6 Å². The highest BCUT2D eigenvalue weighted by Crippen LogP contribution is 2.34. The average Bonchev–Trinajstić information content (AvgIpc) is 3.03. The number of piperidine rings is 2. The Morgan fingerprint density at radius 3 is 1.96 bits per heavy atom. The Bertz CT molecular complexity index is 1800. The normalized spacial score (nSPS) is 24.4. The van der Waals surface area contributed by atoms with Crippen molar-refractivity contribution in [3.05, 3.63) is 47.5 Å². The van der Waals surface area contributed by atoms with Gasteiger partial charge in [0.25, 0.3) is 10.0 Å². The van der Waals surface area contributed by atoms with Crippen molar-refractivity contribution < 1.29 is 31.5 Å². The molecule has 50 heavy (non-hydrogen) atoms. The lowest BCUT2D eigenvalue weighted by molar-refractivity contribution is -0.175. The third kappa shape index (κ3) is 8.02. The van der Waals surface area contributed by atoms with E-state index >= 15 is 0 Å². The number of carbonyl (C=O) groups is 1. The first kappa shape index (κ1) is 35.5. The Hall–Kier alpha value is -4.30. The fourth-order valence-electron chi connectivity index (χ4n) is 6.76. The molecule has 0 bridgehead atoms. The molecule has 2 fully saturated rings. The van der Waals surface area contributed by atoms with Gasteiger partial charge in [0, 0.05) is 68.0 Å². The summed E-state index contributed by atoms with van der Waals surface area (Å²) in [6.45, 7) is 1.90. The van der Waals surface area contributed by atoms with Crippen molar-refractivity contribution in [2.75, 3.05) is 46.0 Å². The first-order valence-corrected chi connectivity index (χ1v) is 17.7. The van der Waals surface area contributed by atoms with Crippen LogP contribution in [0.2, 0.25) is 0 Å². The second kappa shape index (κ2) is 13.8.